The van der Waals surface area contributed by atoms with E-state index in [1.165, 1.54) is 11.1 Å². The van der Waals surface area contributed by atoms with Gasteiger partial charge < -0.3 is 14.7 Å². The van der Waals surface area contributed by atoms with Gasteiger partial charge in [-0.1, -0.05) is 30.3 Å². The molecule has 1 N–H and O–H groups in total. The third kappa shape index (κ3) is 3.60. The molecule has 0 amide bonds. The minimum atomic E-state index is -0.870. The molecule has 1 aliphatic heterocycles. The number of carboxylic acid groups (broad SMARTS) is 1. The summed E-state index contributed by atoms with van der Waals surface area (Å²) in [6.45, 7) is 1.43. The number of allylic oxidation sites excluding steroid dienone is 3. The van der Waals surface area contributed by atoms with Gasteiger partial charge in [0, 0.05) is 30.5 Å². The van der Waals surface area contributed by atoms with E-state index in [9.17, 15) is 9.90 Å². The predicted molar refractivity (Wildman–Crippen MR) is 93.6 cm³/mol. The molecule has 1 aromatic rings. The van der Waals surface area contributed by atoms with Crippen molar-refractivity contribution < 1.29 is 14.6 Å². The molecular weight excluding hydrogens is 302 g/mol. The molecule has 1 heterocycles. The van der Waals surface area contributed by atoms with Crippen LogP contribution in [0.5, 0.6) is 0 Å². The van der Waals surface area contributed by atoms with Crippen molar-refractivity contribution in [1.29, 1.82) is 0 Å². The first kappa shape index (κ1) is 16.5. The van der Waals surface area contributed by atoms with E-state index in [2.05, 4.69) is 23.1 Å². The Balaban J connectivity index is 1.96. The Morgan fingerprint density at radius 2 is 2.00 bits per heavy atom. The molecule has 1 aliphatic carbocycles. The average Bonchev–Trinajstić information content (AvgIpc) is 2.73. The molecule has 1 aromatic carbocycles. The highest BCUT2D eigenvalue weighted by atomic mass is 16.5. The predicted octanol–water partition coefficient (Wildman–Crippen LogP) is 3.31. The number of ether oxygens (including phenoxy) is 1. The largest absolute Gasteiger partial charge is 0.489 e. The summed E-state index contributed by atoms with van der Waals surface area (Å²) in [6, 6.07) is 8.26. The Morgan fingerprint density at radius 1 is 1.25 bits per heavy atom. The minimum absolute atomic E-state index is 0.399. The van der Waals surface area contributed by atoms with E-state index in [4.69, 9.17) is 4.74 Å². The van der Waals surface area contributed by atoms with Crippen LogP contribution in [0.4, 0.5) is 0 Å². The topological polar surface area (TPSA) is 49.8 Å². The summed E-state index contributed by atoms with van der Waals surface area (Å²) in [4.78, 5) is 13.6. The Labute approximate surface area is 142 Å². The molecule has 0 saturated carbocycles. The zero-order chi connectivity index (χ0) is 17.1. The summed E-state index contributed by atoms with van der Waals surface area (Å²) >= 11 is 0. The van der Waals surface area contributed by atoms with Gasteiger partial charge in [0.2, 0.25) is 0 Å². The van der Waals surface area contributed by atoms with Crippen molar-refractivity contribution in [3.05, 3.63) is 70.0 Å². The quantitative estimate of drug-likeness (QED) is 0.923. The van der Waals surface area contributed by atoms with Crippen LogP contribution in [0.2, 0.25) is 0 Å². The molecule has 4 nitrogen and oxygen atoms in total. The number of hydrogen-bond donors (Lipinski definition) is 1. The minimum Gasteiger partial charge on any atom is -0.489 e. The highest BCUT2D eigenvalue weighted by Gasteiger charge is 2.25. The lowest BCUT2D eigenvalue weighted by Crippen LogP contribution is -2.14. The second-order valence-corrected chi connectivity index (χ2v) is 6.55. The molecule has 0 aromatic heterocycles. The smallest absolute Gasteiger partial charge is 0.332 e. The van der Waals surface area contributed by atoms with Crippen LogP contribution >= 0.6 is 0 Å². The zero-order valence-corrected chi connectivity index (χ0v) is 14.2. The first-order chi connectivity index (χ1) is 11.5. The monoisotopic (exact) mass is 325 g/mol. The van der Waals surface area contributed by atoms with Gasteiger partial charge in [-0.25, -0.2) is 4.79 Å². The molecule has 4 heteroatoms. The van der Waals surface area contributed by atoms with Gasteiger partial charge in [-0.3, -0.25) is 0 Å². The van der Waals surface area contributed by atoms with Gasteiger partial charge in [0.25, 0.3) is 0 Å². The van der Waals surface area contributed by atoms with Gasteiger partial charge in [-0.15, -0.1) is 0 Å². The van der Waals surface area contributed by atoms with Crippen LogP contribution in [0.25, 0.3) is 0 Å². The number of benzene rings is 1. The van der Waals surface area contributed by atoms with Crippen molar-refractivity contribution in [2.45, 2.75) is 25.9 Å². The lowest BCUT2D eigenvalue weighted by Gasteiger charge is -2.20. The van der Waals surface area contributed by atoms with Gasteiger partial charge in [-0.05, 0) is 43.3 Å². The number of rotatable bonds is 4. The average molecular weight is 325 g/mol. The van der Waals surface area contributed by atoms with Crippen molar-refractivity contribution >= 4 is 5.97 Å². The molecule has 126 valence electrons. The van der Waals surface area contributed by atoms with Gasteiger partial charge in [-0.2, -0.15) is 0 Å². The molecule has 0 bridgehead atoms. The van der Waals surface area contributed by atoms with Crippen molar-refractivity contribution in [1.82, 2.24) is 4.90 Å². The zero-order valence-electron chi connectivity index (χ0n) is 14.2. The Morgan fingerprint density at radius 3 is 2.71 bits per heavy atom. The summed E-state index contributed by atoms with van der Waals surface area (Å²) < 4.78 is 5.96. The second-order valence-electron chi connectivity index (χ2n) is 6.55. The molecule has 0 radical (unpaired) electrons. The third-order valence-electron chi connectivity index (χ3n) is 4.48. The number of aliphatic carboxylic acids is 1. The normalized spacial score (nSPS) is 18.6. The maximum absolute atomic E-state index is 11.5. The van der Waals surface area contributed by atoms with Gasteiger partial charge >= 0.3 is 5.97 Å². The number of carbonyl (C=O) groups is 1. The third-order valence-corrected chi connectivity index (χ3v) is 4.48. The molecule has 0 atom stereocenters. The summed E-state index contributed by atoms with van der Waals surface area (Å²) in [7, 11) is 4.08. The van der Waals surface area contributed by atoms with Crippen LogP contribution in [-0.2, 0) is 22.6 Å². The van der Waals surface area contributed by atoms with Crippen LogP contribution in [0, 0.1) is 0 Å². The van der Waals surface area contributed by atoms with Gasteiger partial charge in [0.1, 0.15) is 12.4 Å². The number of carboxylic acids is 1. The van der Waals surface area contributed by atoms with Crippen LogP contribution in [0.15, 0.2) is 58.9 Å². The first-order valence-electron chi connectivity index (χ1n) is 8.25. The van der Waals surface area contributed by atoms with E-state index in [-0.39, 0.29) is 0 Å². The van der Waals surface area contributed by atoms with Crippen LogP contribution in [-0.4, -0.2) is 36.6 Å². The Kier molecular flexibility index (Phi) is 4.86. The van der Waals surface area contributed by atoms with Crippen LogP contribution in [0.3, 0.4) is 0 Å². The fourth-order valence-corrected chi connectivity index (χ4v) is 3.14. The van der Waals surface area contributed by atoms with Crippen molar-refractivity contribution in [3.63, 3.8) is 0 Å². The summed E-state index contributed by atoms with van der Waals surface area (Å²) in [6.07, 6.45) is 6.03. The van der Waals surface area contributed by atoms with Crippen LogP contribution < -0.4 is 0 Å². The molecule has 0 unspecified atom stereocenters. The maximum Gasteiger partial charge on any atom is 0.332 e. The fraction of sp³-hybridized carbons (Fsp3) is 0.350. The fourth-order valence-electron chi connectivity index (χ4n) is 3.14. The van der Waals surface area contributed by atoms with Gasteiger partial charge in [0.05, 0.1) is 0 Å². The van der Waals surface area contributed by atoms with E-state index in [0.717, 1.165) is 30.5 Å². The van der Waals surface area contributed by atoms with Crippen molar-refractivity contribution in [3.8, 4) is 0 Å². The van der Waals surface area contributed by atoms with E-state index < -0.39 is 5.97 Å². The summed E-state index contributed by atoms with van der Waals surface area (Å²) in [5.74, 6) is -0.156. The Bertz CT molecular complexity index is 741. The van der Waals surface area contributed by atoms with E-state index >= 15 is 0 Å². The lowest BCUT2D eigenvalue weighted by molar-refractivity contribution is -0.132. The molecule has 0 fully saturated rings. The Hall–Kier alpha value is -2.33. The van der Waals surface area contributed by atoms with E-state index in [1.807, 2.05) is 26.2 Å². The van der Waals surface area contributed by atoms with Crippen molar-refractivity contribution in [2.24, 2.45) is 0 Å². The van der Waals surface area contributed by atoms with E-state index in [0.29, 0.717) is 24.4 Å². The van der Waals surface area contributed by atoms with Crippen LogP contribution in [0.1, 0.15) is 24.0 Å². The summed E-state index contributed by atoms with van der Waals surface area (Å²) in [5.41, 5.74) is 5.04. The molecule has 2 aliphatic rings. The molecule has 0 spiro atoms. The molecule has 24 heavy (non-hydrogen) atoms. The molecule has 0 saturated heterocycles. The summed E-state index contributed by atoms with van der Waals surface area (Å²) in [5, 5.41) is 9.42. The number of hydrogen-bond acceptors (Lipinski definition) is 3. The van der Waals surface area contributed by atoms with E-state index in [1.54, 1.807) is 6.08 Å². The second kappa shape index (κ2) is 7.05. The van der Waals surface area contributed by atoms with Crippen molar-refractivity contribution in [2.75, 3.05) is 20.6 Å². The lowest BCUT2D eigenvalue weighted by atomic mass is 9.86. The molecule has 3 rings (SSSR count). The molecular formula is C20H23NO3. The number of nitrogens with zero attached hydrogens (tertiary/aromatic N) is 1. The number of fused-ring (bicyclic) bond motifs is 1. The maximum atomic E-state index is 11.5. The highest BCUT2D eigenvalue weighted by molar-refractivity contribution is 5.88. The standard InChI is InChI=1S/C20H23NO3/c1-21(2)9-5-8-15-10-17(20(22)23)12-19-18(15)11-14-6-3-4-7-16(14)13-24-19/h3-4,6-8,12H,5,9-11,13H2,1-2H3,(H,22,23)/b15-8-. The SMILES string of the molecule is CN(C)CC/C=C1/CC(C(=O)O)=CC2=C1Cc1ccccc1CO2. The highest BCUT2D eigenvalue weighted by Crippen LogP contribution is 2.35. The first-order valence-corrected chi connectivity index (χ1v) is 8.25. The van der Waals surface area contributed by atoms with Gasteiger partial charge in [0.15, 0.2) is 0 Å².